The van der Waals surface area contributed by atoms with Gasteiger partial charge in [0, 0.05) is 24.3 Å². The molecule has 0 aliphatic carbocycles. The Hall–Kier alpha value is -3.65. The molecule has 1 fully saturated rings. The van der Waals surface area contributed by atoms with Crippen LogP contribution in [0.25, 0.3) is 11.1 Å². The minimum absolute atomic E-state index is 0.241. The third kappa shape index (κ3) is 3.76. The van der Waals surface area contributed by atoms with E-state index in [4.69, 9.17) is 11.6 Å². The molecular weight excluding hydrogens is 442 g/mol. The first kappa shape index (κ1) is 21.2. The second-order valence-electron chi connectivity index (χ2n) is 8.36. The number of aromatic nitrogens is 2. The standard InChI is InChI=1S/C24H22ClN5O3/c1-13-11-20(28-29(13)2)22(31)27-19-9-10-30-21(19)23(32)26-18-8-5-15(12-17(18)24(30)33)14-3-6-16(25)7-4-14/h3-8,11-12,19,21H,9-10H2,1-2H3,(H,26,32)(H,27,31)/t19-,21+/m1/s1. The van der Waals surface area contributed by atoms with Gasteiger partial charge >= 0.3 is 0 Å². The molecule has 33 heavy (non-hydrogen) atoms. The van der Waals surface area contributed by atoms with E-state index >= 15 is 0 Å². The van der Waals surface area contributed by atoms with Crippen LogP contribution in [0, 0.1) is 6.92 Å². The summed E-state index contributed by atoms with van der Waals surface area (Å²) in [6.07, 6.45) is 0.480. The van der Waals surface area contributed by atoms with E-state index in [1.54, 1.807) is 47.0 Å². The zero-order chi connectivity index (χ0) is 23.3. The summed E-state index contributed by atoms with van der Waals surface area (Å²) in [5.41, 5.74) is 3.78. The first-order valence-electron chi connectivity index (χ1n) is 10.6. The number of rotatable bonds is 3. The number of carbonyl (C=O) groups excluding carboxylic acids is 3. The molecule has 1 saturated heterocycles. The lowest BCUT2D eigenvalue weighted by Gasteiger charge is -2.24. The Balaban J connectivity index is 1.42. The van der Waals surface area contributed by atoms with Crippen molar-refractivity contribution in [2.75, 3.05) is 11.9 Å². The largest absolute Gasteiger partial charge is 0.345 e. The Morgan fingerprint density at radius 2 is 1.85 bits per heavy atom. The van der Waals surface area contributed by atoms with Crippen LogP contribution in [0.3, 0.4) is 0 Å². The number of hydrogen-bond donors (Lipinski definition) is 2. The van der Waals surface area contributed by atoms with Crippen LogP contribution in [-0.2, 0) is 11.8 Å². The molecule has 3 amide bonds. The van der Waals surface area contributed by atoms with Gasteiger partial charge in [0.1, 0.15) is 11.7 Å². The SMILES string of the molecule is Cc1cc(C(=O)N[C@@H]2CCN3C(=O)c4cc(-c5ccc(Cl)cc5)ccc4NC(=O)[C@H]23)nn1C. The molecule has 8 nitrogen and oxygen atoms in total. The summed E-state index contributed by atoms with van der Waals surface area (Å²) >= 11 is 5.99. The monoisotopic (exact) mass is 463 g/mol. The van der Waals surface area contributed by atoms with Gasteiger partial charge < -0.3 is 15.5 Å². The summed E-state index contributed by atoms with van der Waals surface area (Å²) in [6.45, 7) is 2.22. The van der Waals surface area contributed by atoms with Crippen LogP contribution in [0.2, 0.25) is 5.02 Å². The highest BCUT2D eigenvalue weighted by Crippen LogP contribution is 2.32. The zero-order valence-corrected chi connectivity index (χ0v) is 18.9. The van der Waals surface area contributed by atoms with Crippen molar-refractivity contribution in [1.82, 2.24) is 20.0 Å². The number of benzene rings is 2. The first-order chi connectivity index (χ1) is 15.8. The Bertz CT molecular complexity index is 1260. The van der Waals surface area contributed by atoms with Crippen molar-refractivity contribution >= 4 is 35.0 Å². The minimum Gasteiger partial charge on any atom is -0.345 e. The van der Waals surface area contributed by atoms with Crippen LogP contribution >= 0.6 is 11.6 Å². The number of anilines is 1. The molecule has 2 aromatic carbocycles. The average Bonchev–Trinajstić information content (AvgIpc) is 3.34. The summed E-state index contributed by atoms with van der Waals surface area (Å²) in [5.74, 6) is -0.923. The summed E-state index contributed by atoms with van der Waals surface area (Å²) in [4.78, 5) is 40.8. The second-order valence-corrected chi connectivity index (χ2v) is 8.80. The smallest absolute Gasteiger partial charge is 0.272 e. The van der Waals surface area contributed by atoms with Crippen LogP contribution in [-0.4, -0.2) is 51.0 Å². The molecule has 2 aliphatic heterocycles. The van der Waals surface area contributed by atoms with E-state index in [-0.39, 0.29) is 23.4 Å². The number of aryl methyl sites for hydroxylation is 2. The van der Waals surface area contributed by atoms with Gasteiger partial charge in [-0.1, -0.05) is 29.8 Å². The molecule has 0 saturated carbocycles. The fourth-order valence-electron chi connectivity index (χ4n) is 4.42. The topological polar surface area (TPSA) is 96.3 Å². The highest BCUT2D eigenvalue weighted by molar-refractivity contribution is 6.30. The van der Waals surface area contributed by atoms with E-state index in [0.29, 0.717) is 29.2 Å². The van der Waals surface area contributed by atoms with E-state index in [9.17, 15) is 14.4 Å². The number of nitrogens with zero attached hydrogens (tertiary/aromatic N) is 3. The third-order valence-electron chi connectivity index (χ3n) is 6.28. The minimum atomic E-state index is -0.794. The summed E-state index contributed by atoms with van der Waals surface area (Å²) < 4.78 is 1.62. The lowest BCUT2D eigenvalue weighted by molar-refractivity contribution is -0.120. The number of carbonyl (C=O) groups is 3. The molecule has 0 spiro atoms. The molecule has 5 rings (SSSR count). The normalized spacial score (nSPS) is 19.5. The lowest BCUT2D eigenvalue weighted by Crippen LogP contribution is -2.51. The van der Waals surface area contributed by atoms with Gasteiger partial charge in [-0.15, -0.1) is 0 Å². The number of amides is 3. The highest BCUT2D eigenvalue weighted by atomic mass is 35.5. The van der Waals surface area contributed by atoms with Gasteiger partial charge in [0.2, 0.25) is 5.91 Å². The molecular formula is C24H22ClN5O3. The summed E-state index contributed by atoms with van der Waals surface area (Å²) in [7, 11) is 1.76. The van der Waals surface area contributed by atoms with Gasteiger partial charge in [0.25, 0.3) is 11.8 Å². The van der Waals surface area contributed by atoms with E-state index in [2.05, 4.69) is 15.7 Å². The van der Waals surface area contributed by atoms with Crippen LogP contribution in [0.15, 0.2) is 48.5 Å². The molecule has 2 atom stereocenters. The van der Waals surface area contributed by atoms with Crippen LogP contribution < -0.4 is 10.6 Å². The maximum absolute atomic E-state index is 13.4. The van der Waals surface area contributed by atoms with Gasteiger partial charge in [0.05, 0.1) is 17.3 Å². The maximum Gasteiger partial charge on any atom is 0.272 e. The quantitative estimate of drug-likeness (QED) is 0.624. The molecule has 0 unspecified atom stereocenters. The van der Waals surface area contributed by atoms with Crippen molar-refractivity contribution in [3.63, 3.8) is 0 Å². The van der Waals surface area contributed by atoms with E-state index in [1.165, 1.54) is 0 Å². The number of fused-ring (bicyclic) bond motifs is 2. The highest BCUT2D eigenvalue weighted by Gasteiger charge is 2.45. The fourth-order valence-corrected chi connectivity index (χ4v) is 4.55. The predicted octanol–water partition coefficient (Wildman–Crippen LogP) is 3.01. The van der Waals surface area contributed by atoms with Crippen LogP contribution in [0.4, 0.5) is 5.69 Å². The number of nitrogens with one attached hydrogen (secondary N) is 2. The van der Waals surface area contributed by atoms with E-state index in [0.717, 1.165) is 16.8 Å². The fraction of sp³-hybridized carbons (Fsp3) is 0.250. The Kier molecular flexibility index (Phi) is 5.17. The summed E-state index contributed by atoms with van der Waals surface area (Å²) in [6, 6.07) is 13.1. The van der Waals surface area contributed by atoms with Crippen molar-refractivity contribution in [1.29, 1.82) is 0 Å². The van der Waals surface area contributed by atoms with Crippen molar-refractivity contribution in [3.05, 3.63) is 70.5 Å². The van der Waals surface area contributed by atoms with Crippen molar-refractivity contribution in [3.8, 4) is 11.1 Å². The molecule has 1 aromatic heterocycles. The van der Waals surface area contributed by atoms with Crippen LogP contribution in [0.1, 0.15) is 33.0 Å². The Morgan fingerprint density at radius 3 is 2.55 bits per heavy atom. The zero-order valence-electron chi connectivity index (χ0n) is 18.1. The summed E-state index contributed by atoms with van der Waals surface area (Å²) in [5, 5.41) is 10.6. The molecule has 0 bridgehead atoms. The van der Waals surface area contributed by atoms with E-state index < -0.39 is 12.1 Å². The van der Waals surface area contributed by atoms with Crippen molar-refractivity contribution in [2.45, 2.75) is 25.4 Å². The van der Waals surface area contributed by atoms with Gasteiger partial charge in [-0.3, -0.25) is 19.1 Å². The van der Waals surface area contributed by atoms with Gasteiger partial charge in [-0.05, 0) is 54.8 Å². The Morgan fingerprint density at radius 1 is 1.12 bits per heavy atom. The molecule has 3 heterocycles. The molecule has 2 N–H and O–H groups in total. The van der Waals surface area contributed by atoms with Gasteiger partial charge in [0.15, 0.2) is 0 Å². The lowest BCUT2D eigenvalue weighted by atomic mass is 10.0. The molecule has 9 heteroatoms. The number of halogens is 1. The van der Waals surface area contributed by atoms with Crippen molar-refractivity contribution in [2.24, 2.45) is 7.05 Å². The maximum atomic E-state index is 13.4. The second kappa shape index (κ2) is 8.04. The molecule has 3 aromatic rings. The number of hydrogen-bond acceptors (Lipinski definition) is 4. The first-order valence-corrected chi connectivity index (χ1v) is 11.0. The molecule has 2 aliphatic rings. The van der Waals surface area contributed by atoms with E-state index in [1.807, 2.05) is 25.1 Å². The molecule has 168 valence electrons. The third-order valence-corrected chi connectivity index (χ3v) is 6.53. The van der Waals surface area contributed by atoms with Gasteiger partial charge in [-0.25, -0.2) is 0 Å². The Labute approximate surface area is 195 Å². The average molecular weight is 464 g/mol. The van der Waals surface area contributed by atoms with Crippen molar-refractivity contribution < 1.29 is 14.4 Å². The van der Waals surface area contributed by atoms with Crippen LogP contribution in [0.5, 0.6) is 0 Å². The molecule has 0 radical (unpaired) electrons. The van der Waals surface area contributed by atoms with Gasteiger partial charge in [-0.2, -0.15) is 5.10 Å². The predicted molar refractivity (Wildman–Crippen MR) is 124 cm³/mol.